The minimum absolute atomic E-state index is 0.0179. The summed E-state index contributed by atoms with van der Waals surface area (Å²) in [7, 11) is -3.05. The number of sulfone groups is 1. The van der Waals surface area contributed by atoms with Crippen molar-refractivity contribution in [3.05, 3.63) is 45.5 Å². The van der Waals surface area contributed by atoms with E-state index in [1.54, 1.807) is 12.3 Å². The van der Waals surface area contributed by atoms with Crippen LogP contribution in [0.25, 0.3) is 21.9 Å². The molecule has 2 aromatic heterocycles. The Morgan fingerprint density at radius 3 is 2.71 bits per heavy atom. The van der Waals surface area contributed by atoms with Crippen LogP contribution < -0.4 is 10.9 Å². The minimum Gasteiger partial charge on any atom is -0.464 e. The van der Waals surface area contributed by atoms with Crippen LogP contribution in [-0.4, -0.2) is 31.9 Å². The molecule has 1 aliphatic rings. The smallest absolute Gasteiger partial charge is 0.339 e. The first kappa shape index (κ1) is 18.7. The highest BCUT2D eigenvalue weighted by molar-refractivity contribution is 7.91. The number of carbonyl (C=O) groups excluding carboxylic acids is 1. The number of amides is 1. The zero-order chi connectivity index (χ0) is 20.1. The Kier molecular flexibility index (Phi) is 4.53. The van der Waals surface area contributed by atoms with Gasteiger partial charge in [-0.3, -0.25) is 4.79 Å². The number of hydrogen-bond donors (Lipinski definition) is 1. The van der Waals surface area contributed by atoms with E-state index in [0.29, 0.717) is 23.2 Å². The van der Waals surface area contributed by atoms with Gasteiger partial charge in [0.15, 0.2) is 9.84 Å². The lowest BCUT2D eigenvalue weighted by molar-refractivity contribution is -0.121. The molecule has 0 radical (unpaired) electrons. The van der Waals surface area contributed by atoms with E-state index in [1.807, 2.05) is 19.9 Å². The van der Waals surface area contributed by atoms with E-state index < -0.39 is 15.5 Å². The molecule has 1 saturated heterocycles. The number of aryl methyl sites for hydroxylation is 2. The monoisotopic (exact) mass is 403 g/mol. The van der Waals surface area contributed by atoms with Crippen LogP contribution in [0.2, 0.25) is 0 Å². The van der Waals surface area contributed by atoms with Crippen molar-refractivity contribution >= 4 is 37.7 Å². The highest BCUT2D eigenvalue weighted by atomic mass is 32.2. The van der Waals surface area contributed by atoms with Gasteiger partial charge in [-0.1, -0.05) is 0 Å². The normalized spacial score (nSPS) is 18.7. The molecule has 1 amide bonds. The molecule has 1 aromatic carbocycles. The van der Waals surface area contributed by atoms with Gasteiger partial charge in [0.1, 0.15) is 11.2 Å². The van der Waals surface area contributed by atoms with Crippen molar-refractivity contribution in [3.63, 3.8) is 0 Å². The molecule has 0 bridgehead atoms. The zero-order valence-electron chi connectivity index (χ0n) is 15.7. The average Bonchev–Trinajstić information content (AvgIpc) is 3.15. The van der Waals surface area contributed by atoms with Gasteiger partial charge in [0.2, 0.25) is 5.91 Å². The lowest BCUT2D eigenvalue weighted by atomic mass is 10.0. The number of fused-ring (bicyclic) bond motifs is 2. The lowest BCUT2D eigenvalue weighted by Crippen LogP contribution is -2.35. The number of furan rings is 1. The van der Waals surface area contributed by atoms with Crippen molar-refractivity contribution in [2.24, 2.45) is 0 Å². The van der Waals surface area contributed by atoms with Crippen LogP contribution in [0, 0.1) is 13.8 Å². The van der Waals surface area contributed by atoms with Crippen molar-refractivity contribution in [3.8, 4) is 0 Å². The predicted molar refractivity (Wildman–Crippen MR) is 105 cm³/mol. The third kappa shape index (κ3) is 3.44. The zero-order valence-corrected chi connectivity index (χ0v) is 16.5. The summed E-state index contributed by atoms with van der Waals surface area (Å²) in [5.41, 5.74) is 2.88. The van der Waals surface area contributed by atoms with Gasteiger partial charge in [0, 0.05) is 34.9 Å². The Morgan fingerprint density at radius 2 is 2.00 bits per heavy atom. The van der Waals surface area contributed by atoms with Crippen LogP contribution in [0.5, 0.6) is 0 Å². The Morgan fingerprint density at radius 1 is 1.21 bits per heavy atom. The summed E-state index contributed by atoms with van der Waals surface area (Å²) in [6, 6.07) is 3.31. The van der Waals surface area contributed by atoms with E-state index in [1.165, 1.54) is 0 Å². The first-order valence-electron chi connectivity index (χ1n) is 9.17. The molecule has 7 nitrogen and oxygen atoms in total. The second kappa shape index (κ2) is 6.77. The molecular weight excluding hydrogens is 382 g/mol. The fourth-order valence-corrected chi connectivity index (χ4v) is 5.45. The minimum atomic E-state index is -3.05. The maximum atomic E-state index is 12.4. The molecule has 28 heavy (non-hydrogen) atoms. The number of benzene rings is 1. The second-order valence-corrected chi connectivity index (χ2v) is 9.65. The van der Waals surface area contributed by atoms with Crippen LogP contribution in [0.1, 0.15) is 29.5 Å². The second-order valence-electron chi connectivity index (χ2n) is 7.42. The quantitative estimate of drug-likeness (QED) is 0.671. The summed E-state index contributed by atoms with van der Waals surface area (Å²) in [4.78, 5) is 24.6. The first-order valence-corrected chi connectivity index (χ1v) is 11.0. The molecule has 1 atom stereocenters. The molecule has 0 unspecified atom stereocenters. The molecule has 0 spiro atoms. The molecular formula is C20H21NO6S. The number of rotatable bonds is 4. The van der Waals surface area contributed by atoms with Crippen molar-refractivity contribution < 1.29 is 22.0 Å². The van der Waals surface area contributed by atoms with Crippen LogP contribution in [-0.2, 0) is 21.1 Å². The van der Waals surface area contributed by atoms with Crippen molar-refractivity contribution in [2.45, 2.75) is 39.2 Å². The van der Waals surface area contributed by atoms with Crippen molar-refractivity contribution in [1.82, 2.24) is 5.32 Å². The van der Waals surface area contributed by atoms with Gasteiger partial charge in [-0.25, -0.2) is 13.2 Å². The molecule has 0 saturated carbocycles. The Labute approximate surface area is 161 Å². The summed E-state index contributed by atoms with van der Waals surface area (Å²) in [5, 5.41) is 4.51. The number of hydrogen-bond acceptors (Lipinski definition) is 6. The summed E-state index contributed by atoms with van der Waals surface area (Å²) in [5.74, 6) is -0.175. The predicted octanol–water partition coefficient (Wildman–Crippen LogP) is 2.39. The van der Waals surface area contributed by atoms with E-state index in [9.17, 15) is 18.0 Å². The van der Waals surface area contributed by atoms with Gasteiger partial charge in [-0.2, -0.15) is 0 Å². The number of carbonyl (C=O) groups is 1. The highest BCUT2D eigenvalue weighted by Crippen LogP contribution is 2.29. The molecule has 3 heterocycles. The van der Waals surface area contributed by atoms with E-state index in [2.05, 4.69) is 5.32 Å². The Bertz CT molecular complexity index is 1250. The van der Waals surface area contributed by atoms with Crippen LogP contribution >= 0.6 is 0 Å². The molecule has 8 heteroatoms. The van der Waals surface area contributed by atoms with Gasteiger partial charge in [-0.15, -0.1) is 0 Å². The van der Waals surface area contributed by atoms with Gasteiger partial charge < -0.3 is 14.2 Å². The maximum absolute atomic E-state index is 12.4. The summed E-state index contributed by atoms with van der Waals surface area (Å²) in [6.07, 6.45) is 2.43. The SMILES string of the molecule is Cc1coc2cc3oc(=O)c(CCC(=O)N[C@@H]4CCS(=O)(=O)C4)c(C)c3cc12. The van der Waals surface area contributed by atoms with Crippen LogP contribution in [0.15, 0.2) is 32.0 Å². The maximum Gasteiger partial charge on any atom is 0.339 e. The Hall–Kier alpha value is -2.61. The summed E-state index contributed by atoms with van der Waals surface area (Å²) < 4.78 is 33.9. The molecule has 1 fully saturated rings. The van der Waals surface area contributed by atoms with Gasteiger partial charge in [0.25, 0.3) is 0 Å². The largest absolute Gasteiger partial charge is 0.464 e. The standard InChI is InChI=1S/C20H21NO6S/c1-11-9-26-17-8-18-16(7-15(11)17)12(2)14(20(23)27-18)3-4-19(22)21-13-5-6-28(24,25)10-13/h7-9,13H,3-6,10H2,1-2H3,(H,21,22)/t13-/m1/s1. The van der Waals surface area contributed by atoms with Gasteiger partial charge in [0.05, 0.1) is 17.8 Å². The highest BCUT2D eigenvalue weighted by Gasteiger charge is 2.28. The molecule has 148 valence electrons. The van der Waals surface area contributed by atoms with Gasteiger partial charge in [-0.05, 0) is 43.9 Å². The van der Waals surface area contributed by atoms with Crippen LogP contribution in [0.4, 0.5) is 0 Å². The van der Waals surface area contributed by atoms with Crippen LogP contribution in [0.3, 0.4) is 0 Å². The lowest BCUT2D eigenvalue weighted by Gasteiger charge is -2.11. The van der Waals surface area contributed by atoms with E-state index >= 15 is 0 Å². The summed E-state index contributed by atoms with van der Waals surface area (Å²) in [6.45, 7) is 3.79. The fourth-order valence-electron chi connectivity index (χ4n) is 3.77. The third-order valence-electron chi connectivity index (χ3n) is 5.37. The first-order chi connectivity index (χ1) is 13.2. The number of nitrogens with one attached hydrogen (secondary N) is 1. The average molecular weight is 403 g/mol. The van der Waals surface area contributed by atoms with E-state index in [-0.39, 0.29) is 36.3 Å². The third-order valence-corrected chi connectivity index (χ3v) is 7.14. The molecule has 4 rings (SSSR count). The topological polar surface area (TPSA) is 107 Å². The molecule has 3 aromatic rings. The van der Waals surface area contributed by atoms with E-state index in [0.717, 1.165) is 21.9 Å². The van der Waals surface area contributed by atoms with E-state index in [4.69, 9.17) is 8.83 Å². The molecule has 1 aliphatic heterocycles. The van der Waals surface area contributed by atoms with Crippen molar-refractivity contribution in [1.29, 1.82) is 0 Å². The summed E-state index contributed by atoms with van der Waals surface area (Å²) >= 11 is 0. The Balaban J connectivity index is 1.56. The molecule has 1 N–H and O–H groups in total. The van der Waals surface area contributed by atoms with Gasteiger partial charge >= 0.3 is 5.63 Å². The van der Waals surface area contributed by atoms with Crippen molar-refractivity contribution in [2.75, 3.05) is 11.5 Å². The molecule has 0 aliphatic carbocycles. The fraction of sp³-hybridized carbons (Fsp3) is 0.400.